The van der Waals surface area contributed by atoms with Crippen LogP contribution in [0.1, 0.15) is 47.9 Å². The summed E-state index contributed by atoms with van der Waals surface area (Å²) in [5.41, 5.74) is 1.83. The first kappa shape index (κ1) is 17.7. The second-order valence-electron chi connectivity index (χ2n) is 6.14. The Morgan fingerprint density at radius 3 is 2.08 bits per heavy atom. The SMILES string of the molecule is CC(=O)c1ccc(NC(=O)c2ccc(OCCC(C)C)cc2)cc1. The van der Waals surface area contributed by atoms with Crippen LogP contribution in [0.25, 0.3) is 0 Å². The third-order valence-corrected chi connectivity index (χ3v) is 3.63. The molecule has 0 aliphatic rings. The Morgan fingerprint density at radius 2 is 1.54 bits per heavy atom. The Balaban J connectivity index is 1.93. The molecule has 2 aromatic rings. The minimum atomic E-state index is -0.195. The van der Waals surface area contributed by atoms with E-state index in [9.17, 15) is 9.59 Å². The van der Waals surface area contributed by atoms with Crippen LogP contribution in [0, 0.1) is 5.92 Å². The van der Waals surface area contributed by atoms with Crippen LogP contribution in [0.2, 0.25) is 0 Å². The summed E-state index contributed by atoms with van der Waals surface area (Å²) in [7, 11) is 0. The van der Waals surface area contributed by atoms with Gasteiger partial charge >= 0.3 is 0 Å². The maximum Gasteiger partial charge on any atom is 0.255 e. The van der Waals surface area contributed by atoms with Crippen molar-refractivity contribution in [2.75, 3.05) is 11.9 Å². The van der Waals surface area contributed by atoms with Gasteiger partial charge < -0.3 is 10.1 Å². The summed E-state index contributed by atoms with van der Waals surface area (Å²) < 4.78 is 5.64. The number of rotatable bonds is 7. The average Bonchev–Trinajstić information content (AvgIpc) is 2.55. The van der Waals surface area contributed by atoms with Gasteiger partial charge in [0.15, 0.2) is 5.78 Å². The largest absolute Gasteiger partial charge is 0.494 e. The molecule has 2 rings (SSSR count). The normalized spacial score (nSPS) is 10.5. The van der Waals surface area contributed by atoms with Crippen molar-refractivity contribution in [1.82, 2.24) is 0 Å². The van der Waals surface area contributed by atoms with Crippen LogP contribution in [0.4, 0.5) is 5.69 Å². The number of ketones is 1. The molecule has 2 aromatic carbocycles. The van der Waals surface area contributed by atoms with E-state index in [0.29, 0.717) is 29.3 Å². The van der Waals surface area contributed by atoms with Gasteiger partial charge in [-0.25, -0.2) is 0 Å². The number of hydrogen-bond acceptors (Lipinski definition) is 3. The van der Waals surface area contributed by atoms with E-state index in [-0.39, 0.29) is 11.7 Å². The molecule has 0 heterocycles. The summed E-state index contributed by atoms with van der Waals surface area (Å²) in [6.45, 7) is 6.49. The fourth-order valence-corrected chi connectivity index (χ4v) is 2.11. The molecule has 0 saturated carbocycles. The molecule has 126 valence electrons. The third-order valence-electron chi connectivity index (χ3n) is 3.63. The number of ether oxygens (including phenoxy) is 1. The number of nitrogens with one attached hydrogen (secondary N) is 1. The first-order valence-electron chi connectivity index (χ1n) is 8.11. The molecular formula is C20H23NO3. The molecule has 1 N–H and O–H groups in total. The second-order valence-corrected chi connectivity index (χ2v) is 6.14. The van der Waals surface area contributed by atoms with Gasteiger partial charge in [0, 0.05) is 16.8 Å². The van der Waals surface area contributed by atoms with Crippen molar-refractivity contribution in [2.24, 2.45) is 5.92 Å². The lowest BCUT2D eigenvalue weighted by Crippen LogP contribution is -2.12. The Labute approximate surface area is 142 Å². The number of amides is 1. The van der Waals surface area contributed by atoms with Gasteiger partial charge in [-0.15, -0.1) is 0 Å². The molecule has 1 amide bonds. The molecule has 0 fully saturated rings. The van der Waals surface area contributed by atoms with Crippen molar-refractivity contribution in [3.63, 3.8) is 0 Å². The van der Waals surface area contributed by atoms with Crippen LogP contribution >= 0.6 is 0 Å². The number of carbonyl (C=O) groups is 2. The first-order chi connectivity index (χ1) is 11.5. The fraction of sp³-hybridized carbons (Fsp3) is 0.300. The molecule has 0 radical (unpaired) electrons. The Hall–Kier alpha value is -2.62. The first-order valence-corrected chi connectivity index (χ1v) is 8.11. The summed E-state index contributed by atoms with van der Waals surface area (Å²) in [6.07, 6.45) is 0.999. The van der Waals surface area contributed by atoms with Crippen LogP contribution < -0.4 is 10.1 Å². The zero-order chi connectivity index (χ0) is 17.5. The standard InChI is InChI=1S/C20H23NO3/c1-14(2)12-13-24-19-10-6-17(7-11-19)20(23)21-18-8-4-16(5-9-18)15(3)22/h4-11,14H,12-13H2,1-3H3,(H,21,23). The molecule has 0 aliphatic carbocycles. The molecule has 0 unspecified atom stereocenters. The number of hydrogen-bond donors (Lipinski definition) is 1. The van der Waals surface area contributed by atoms with Crippen LogP contribution in [0.15, 0.2) is 48.5 Å². The number of carbonyl (C=O) groups excluding carboxylic acids is 2. The number of benzene rings is 2. The molecule has 0 aromatic heterocycles. The molecule has 0 atom stereocenters. The van der Waals surface area contributed by atoms with E-state index in [1.807, 2.05) is 0 Å². The Morgan fingerprint density at radius 1 is 0.958 bits per heavy atom. The molecule has 24 heavy (non-hydrogen) atoms. The van der Waals surface area contributed by atoms with Gasteiger partial charge in [0.25, 0.3) is 5.91 Å². The topological polar surface area (TPSA) is 55.4 Å². The summed E-state index contributed by atoms with van der Waals surface area (Å²) in [4.78, 5) is 23.5. The van der Waals surface area contributed by atoms with Crippen molar-refractivity contribution in [1.29, 1.82) is 0 Å². The lowest BCUT2D eigenvalue weighted by Gasteiger charge is -2.09. The van der Waals surface area contributed by atoms with E-state index in [1.165, 1.54) is 6.92 Å². The maximum absolute atomic E-state index is 12.2. The minimum Gasteiger partial charge on any atom is -0.494 e. The lowest BCUT2D eigenvalue weighted by atomic mass is 10.1. The third kappa shape index (κ3) is 5.23. The molecule has 4 heteroatoms. The van der Waals surface area contributed by atoms with Gasteiger partial charge in [0.1, 0.15) is 5.75 Å². The van der Waals surface area contributed by atoms with Gasteiger partial charge in [-0.2, -0.15) is 0 Å². The highest BCUT2D eigenvalue weighted by molar-refractivity contribution is 6.04. The van der Waals surface area contributed by atoms with Crippen LogP contribution in [-0.4, -0.2) is 18.3 Å². The Bertz CT molecular complexity index is 688. The minimum absolute atomic E-state index is 0.000863. The lowest BCUT2D eigenvalue weighted by molar-refractivity contribution is 0.101. The van der Waals surface area contributed by atoms with Crippen molar-refractivity contribution in [3.05, 3.63) is 59.7 Å². The quantitative estimate of drug-likeness (QED) is 0.759. The smallest absolute Gasteiger partial charge is 0.255 e. The van der Waals surface area contributed by atoms with Gasteiger partial charge in [-0.05, 0) is 67.8 Å². The van der Waals surface area contributed by atoms with E-state index in [0.717, 1.165) is 12.2 Å². The average molecular weight is 325 g/mol. The molecule has 0 saturated heterocycles. The summed E-state index contributed by atoms with van der Waals surface area (Å²) >= 11 is 0. The van der Waals surface area contributed by atoms with Gasteiger partial charge in [-0.3, -0.25) is 9.59 Å². The molecule has 0 spiro atoms. The van der Waals surface area contributed by atoms with E-state index >= 15 is 0 Å². The molecule has 0 bridgehead atoms. The van der Waals surface area contributed by atoms with Crippen LogP contribution in [0.3, 0.4) is 0 Å². The Kier molecular flexibility index (Phi) is 6.13. The number of anilines is 1. The molecule has 4 nitrogen and oxygen atoms in total. The fourth-order valence-electron chi connectivity index (χ4n) is 2.11. The summed E-state index contributed by atoms with van der Waals surface area (Å²) in [6, 6.07) is 13.9. The number of Topliss-reactive ketones (excluding diaryl/α,β-unsaturated/α-hetero) is 1. The van der Waals surface area contributed by atoms with E-state index < -0.39 is 0 Å². The highest BCUT2D eigenvalue weighted by Gasteiger charge is 2.07. The summed E-state index contributed by atoms with van der Waals surface area (Å²) in [5, 5.41) is 2.81. The van der Waals surface area contributed by atoms with Gasteiger partial charge in [0.05, 0.1) is 6.61 Å². The molecule has 0 aliphatic heterocycles. The van der Waals surface area contributed by atoms with E-state index in [1.54, 1.807) is 48.5 Å². The highest BCUT2D eigenvalue weighted by atomic mass is 16.5. The highest BCUT2D eigenvalue weighted by Crippen LogP contribution is 2.16. The van der Waals surface area contributed by atoms with E-state index in [4.69, 9.17) is 4.74 Å². The van der Waals surface area contributed by atoms with Crippen molar-refractivity contribution in [2.45, 2.75) is 27.2 Å². The van der Waals surface area contributed by atoms with E-state index in [2.05, 4.69) is 19.2 Å². The monoisotopic (exact) mass is 325 g/mol. The zero-order valence-corrected chi connectivity index (χ0v) is 14.3. The summed E-state index contributed by atoms with van der Waals surface area (Å²) in [5.74, 6) is 1.17. The second kappa shape index (κ2) is 8.29. The van der Waals surface area contributed by atoms with Crippen LogP contribution in [-0.2, 0) is 0 Å². The van der Waals surface area contributed by atoms with Gasteiger partial charge in [0.2, 0.25) is 0 Å². The predicted octanol–water partition coefficient (Wildman–Crippen LogP) is 4.57. The molecular weight excluding hydrogens is 302 g/mol. The van der Waals surface area contributed by atoms with Crippen molar-refractivity contribution in [3.8, 4) is 5.75 Å². The maximum atomic E-state index is 12.2. The zero-order valence-electron chi connectivity index (χ0n) is 14.3. The van der Waals surface area contributed by atoms with Crippen molar-refractivity contribution < 1.29 is 14.3 Å². The van der Waals surface area contributed by atoms with Crippen LogP contribution in [0.5, 0.6) is 5.75 Å². The predicted molar refractivity (Wildman–Crippen MR) is 95.8 cm³/mol. The van der Waals surface area contributed by atoms with Gasteiger partial charge in [-0.1, -0.05) is 13.8 Å². The van der Waals surface area contributed by atoms with Crippen molar-refractivity contribution >= 4 is 17.4 Å².